The quantitative estimate of drug-likeness (QED) is 0.760. The normalized spacial score (nSPS) is 11.6. The van der Waals surface area contributed by atoms with Gasteiger partial charge in [0.2, 0.25) is 5.91 Å². The zero-order valence-electron chi connectivity index (χ0n) is 17.4. The fourth-order valence-electron chi connectivity index (χ4n) is 3.22. The topological polar surface area (TPSA) is 58.6 Å². The van der Waals surface area contributed by atoms with Crippen molar-refractivity contribution in [3.63, 3.8) is 0 Å². The third-order valence-corrected chi connectivity index (χ3v) is 4.66. The van der Waals surface area contributed by atoms with Gasteiger partial charge in [-0.3, -0.25) is 9.59 Å². The highest BCUT2D eigenvalue weighted by molar-refractivity contribution is 5.88. The second-order valence-electron chi connectivity index (χ2n) is 7.16. The minimum atomic E-state index is -0.540. The molecule has 0 aliphatic rings. The van der Waals surface area contributed by atoms with Crippen LogP contribution in [0.3, 0.4) is 0 Å². The molecule has 0 bridgehead atoms. The first kappa shape index (κ1) is 21.5. The molecule has 2 aromatic rings. The number of hydrogen-bond donors (Lipinski definition) is 1. The van der Waals surface area contributed by atoms with Crippen LogP contribution in [-0.4, -0.2) is 36.4 Å². The highest BCUT2D eigenvalue weighted by Gasteiger charge is 2.28. The molecule has 0 aliphatic heterocycles. The number of ether oxygens (including phenoxy) is 1. The molecule has 0 radical (unpaired) electrons. The summed E-state index contributed by atoms with van der Waals surface area (Å²) in [5, 5.41) is 2.66. The third-order valence-electron chi connectivity index (χ3n) is 4.66. The van der Waals surface area contributed by atoms with Crippen LogP contribution in [0, 0.1) is 20.8 Å². The monoisotopic (exact) mass is 382 g/mol. The smallest absolute Gasteiger partial charge is 0.261 e. The van der Waals surface area contributed by atoms with E-state index < -0.39 is 6.04 Å². The van der Waals surface area contributed by atoms with E-state index in [2.05, 4.69) is 11.4 Å². The van der Waals surface area contributed by atoms with Crippen LogP contribution in [0.5, 0.6) is 5.75 Å². The number of hydrogen-bond acceptors (Lipinski definition) is 3. The van der Waals surface area contributed by atoms with Crippen molar-refractivity contribution in [2.45, 2.75) is 46.7 Å². The molecule has 2 amide bonds. The van der Waals surface area contributed by atoms with Crippen LogP contribution < -0.4 is 10.1 Å². The lowest BCUT2D eigenvalue weighted by atomic mass is 10.1. The molecule has 0 aliphatic carbocycles. The Morgan fingerprint density at radius 1 is 1.00 bits per heavy atom. The van der Waals surface area contributed by atoms with Gasteiger partial charge in [-0.25, -0.2) is 0 Å². The van der Waals surface area contributed by atoms with E-state index in [-0.39, 0.29) is 18.4 Å². The molecule has 0 aromatic heterocycles. The summed E-state index contributed by atoms with van der Waals surface area (Å²) in [6, 6.07) is 13.3. The van der Waals surface area contributed by atoms with E-state index in [1.807, 2.05) is 64.1 Å². The second kappa shape index (κ2) is 9.93. The number of aryl methyl sites for hydroxylation is 3. The van der Waals surface area contributed by atoms with Gasteiger partial charge in [-0.2, -0.15) is 0 Å². The largest absolute Gasteiger partial charge is 0.484 e. The Balaban J connectivity index is 2.19. The molecule has 0 saturated carbocycles. The van der Waals surface area contributed by atoms with Crippen molar-refractivity contribution in [2.75, 3.05) is 13.7 Å². The number of carbonyl (C=O) groups excluding carboxylic acids is 2. The van der Waals surface area contributed by atoms with Crippen LogP contribution in [-0.2, 0) is 16.1 Å². The third kappa shape index (κ3) is 5.84. The van der Waals surface area contributed by atoms with Gasteiger partial charge in [-0.15, -0.1) is 0 Å². The second-order valence-corrected chi connectivity index (χ2v) is 7.16. The first-order chi connectivity index (χ1) is 13.3. The molecule has 0 spiro atoms. The summed E-state index contributed by atoms with van der Waals surface area (Å²) in [7, 11) is 1.59. The van der Waals surface area contributed by atoms with Crippen molar-refractivity contribution >= 4 is 11.8 Å². The van der Waals surface area contributed by atoms with E-state index in [0.29, 0.717) is 18.7 Å². The van der Waals surface area contributed by atoms with Crippen molar-refractivity contribution in [1.29, 1.82) is 0 Å². The maximum absolute atomic E-state index is 13.0. The Morgan fingerprint density at radius 2 is 1.61 bits per heavy atom. The highest BCUT2D eigenvalue weighted by Crippen LogP contribution is 2.18. The number of rotatable bonds is 8. The van der Waals surface area contributed by atoms with E-state index >= 15 is 0 Å². The first-order valence-corrected chi connectivity index (χ1v) is 9.61. The number of amides is 2. The van der Waals surface area contributed by atoms with Crippen molar-refractivity contribution in [3.05, 3.63) is 64.7 Å². The van der Waals surface area contributed by atoms with Crippen LogP contribution >= 0.6 is 0 Å². The van der Waals surface area contributed by atoms with Gasteiger partial charge in [0.05, 0.1) is 0 Å². The van der Waals surface area contributed by atoms with E-state index in [1.165, 1.54) is 0 Å². The molecule has 1 N–H and O–H groups in total. The van der Waals surface area contributed by atoms with Gasteiger partial charge in [0.25, 0.3) is 5.91 Å². The predicted octanol–water partition coefficient (Wildman–Crippen LogP) is 3.54. The van der Waals surface area contributed by atoms with Gasteiger partial charge in [0, 0.05) is 13.6 Å². The lowest BCUT2D eigenvalue weighted by molar-refractivity contribution is -0.142. The van der Waals surface area contributed by atoms with Gasteiger partial charge in [0.1, 0.15) is 11.8 Å². The number of nitrogens with one attached hydrogen (secondary N) is 1. The van der Waals surface area contributed by atoms with Crippen LogP contribution in [0.25, 0.3) is 0 Å². The van der Waals surface area contributed by atoms with Crippen LogP contribution in [0.15, 0.2) is 42.5 Å². The summed E-state index contributed by atoms with van der Waals surface area (Å²) in [6.07, 6.45) is 0.529. The molecule has 5 heteroatoms. The lowest BCUT2D eigenvalue weighted by Crippen LogP contribution is -2.49. The molecule has 28 heavy (non-hydrogen) atoms. The number of likely N-dealkylation sites (N-methyl/N-ethyl adjacent to an activating group) is 1. The number of nitrogens with zero attached hydrogens (tertiary/aromatic N) is 1. The van der Waals surface area contributed by atoms with Crippen molar-refractivity contribution in [2.24, 2.45) is 0 Å². The number of carbonyl (C=O) groups is 2. The molecule has 0 saturated heterocycles. The summed E-state index contributed by atoms with van der Waals surface area (Å²) in [4.78, 5) is 27.0. The fourth-order valence-corrected chi connectivity index (χ4v) is 3.22. The Morgan fingerprint density at radius 3 is 2.14 bits per heavy atom. The number of benzene rings is 2. The molecule has 2 aromatic carbocycles. The lowest BCUT2D eigenvalue weighted by Gasteiger charge is -2.30. The minimum absolute atomic E-state index is 0.109. The van der Waals surface area contributed by atoms with E-state index in [1.54, 1.807) is 11.9 Å². The molecule has 1 atom stereocenters. The van der Waals surface area contributed by atoms with Crippen molar-refractivity contribution in [3.8, 4) is 5.75 Å². The van der Waals surface area contributed by atoms with Crippen molar-refractivity contribution < 1.29 is 14.3 Å². The summed E-state index contributed by atoms with van der Waals surface area (Å²) < 4.78 is 5.75. The zero-order valence-corrected chi connectivity index (χ0v) is 17.4. The molecule has 150 valence electrons. The Labute approximate surface area is 167 Å². The standard InChI is InChI=1S/C23H30N2O3/c1-6-21(23(27)24-5)25(14-19-9-7-16(2)8-10-19)22(26)15-28-20-12-17(3)11-18(4)13-20/h7-13,21H,6,14-15H2,1-5H3,(H,24,27)/t21-/m0/s1. The zero-order chi connectivity index (χ0) is 20.7. The molecule has 0 heterocycles. The van der Waals surface area contributed by atoms with Gasteiger partial charge >= 0.3 is 0 Å². The van der Waals surface area contributed by atoms with Crippen LogP contribution in [0.4, 0.5) is 0 Å². The highest BCUT2D eigenvalue weighted by atomic mass is 16.5. The fraction of sp³-hybridized carbons (Fsp3) is 0.391. The van der Waals surface area contributed by atoms with Crippen LogP contribution in [0.2, 0.25) is 0 Å². The SMILES string of the molecule is CC[C@@H](C(=O)NC)N(Cc1ccc(C)cc1)C(=O)COc1cc(C)cc(C)c1. The Hall–Kier alpha value is -2.82. The van der Waals surface area contributed by atoms with Gasteiger partial charge in [-0.1, -0.05) is 42.8 Å². The summed E-state index contributed by atoms with van der Waals surface area (Å²) >= 11 is 0. The molecular weight excluding hydrogens is 352 g/mol. The van der Waals surface area contributed by atoms with Crippen molar-refractivity contribution in [1.82, 2.24) is 10.2 Å². The maximum Gasteiger partial charge on any atom is 0.261 e. The molecule has 0 unspecified atom stereocenters. The molecular formula is C23H30N2O3. The average Bonchev–Trinajstić information content (AvgIpc) is 2.66. The summed E-state index contributed by atoms with van der Waals surface area (Å²) in [5.74, 6) is 0.277. The van der Waals surface area contributed by atoms with Crippen LogP contribution in [0.1, 0.15) is 35.6 Å². The summed E-state index contributed by atoms with van der Waals surface area (Å²) in [6.45, 7) is 8.15. The van der Waals surface area contributed by atoms with Gasteiger partial charge in [0.15, 0.2) is 6.61 Å². The van der Waals surface area contributed by atoms with Gasteiger partial charge in [-0.05, 0) is 56.0 Å². The minimum Gasteiger partial charge on any atom is -0.484 e. The molecule has 2 rings (SSSR count). The Kier molecular flexibility index (Phi) is 7.61. The summed E-state index contributed by atoms with van der Waals surface area (Å²) in [5.41, 5.74) is 4.29. The average molecular weight is 383 g/mol. The first-order valence-electron chi connectivity index (χ1n) is 9.61. The van der Waals surface area contributed by atoms with E-state index in [0.717, 1.165) is 22.3 Å². The van der Waals surface area contributed by atoms with E-state index in [4.69, 9.17) is 4.74 Å². The molecule has 5 nitrogen and oxygen atoms in total. The molecule has 0 fully saturated rings. The Bertz CT molecular complexity index is 795. The van der Waals surface area contributed by atoms with E-state index in [9.17, 15) is 9.59 Å². The maximum atomic E-state index is 13.0. The predicted molar refractivity (Wildman–Crippen MR) is 111 cm³/mol. The van der Waals surface area contributed by atoms with Gasteiger partial charge < -0.3 is 15.0 Å².